The second-order valence-electron chi connectivity index (χ2n) is 2.32. The minimum absolute atomic E-state index is 0. The molecule has 0 aliphatic heterocycles. The maximum absolute atomic E-state index is 10.2. The van der Waals surface area contributed by atoms with Gasteiger partial charge in [-0.15, -0.1) is 0 Å². The van der Waals surface area contributed by atoms with Gasteiger partial charge in [0.15, 0.2) is 0 Å². The Morgan fingerprint density at radius 1 is 1.33 bits per heavy atom. The topological polar surface area (TPSA) is 37.3 Å². The van der Waals surface area contributed by atoms with Crippen molar-refractivity contribution in [3.8, 4) is 0 Å². The standard InChI is InChI=1S/C6H10O2.Ti/c7-6(8)5-3-1-2-4-5;/h5H,1-4H2,(H,7,8);. The van der Waals surface area contributed by atoms with Crippen LogP contribution in [0.15, 0.2) is 0 Å². The number of aliphatic carboxylic acids is 1. The number of hydrogen-bond acceptors (Lipinski definition) is 1. The van der Waals surface area contributed by atoms with Gasteiger partial charge in [-0.2, -0.15) is 0 Å². The first-order valence-electron chi connectivity index (χ1n) is 3.03. The van der Waals surface area contributed by atoms with E-state index in [1.807, 2.05) is 0 Å². The van der Waals surface area contributed by atoms with Gasteiger partial charge in [0.1, 0.15) is 0 Å². The third-order valence-electron chi connectivity index (χ3n) is 1.70. The molecule has 0 unspecified atom stereocenters. The zero-order valence-electron chi connectivity index (χ0n) is 5.26. The SMILES string of the molecule is O=C(O)C1CCCC1.[Ti]. The van der Waals surface area contributed by atoms with Crippen molar-refractivity contribution in [3.05, 3.63) is 0 Å². The second-order valence-corrected chi connectivity index (χ2v) is 2.32. The summed E-state index contributed by atoms with van der Waals surface area (Å²) in [5.41, 5.74) is 0. The summed E-state index contributed by atoms with van der Waals surface area (Å²) in [4.78, 5) is 10.2. The Morgan fingerprint density at radius 3 is 2.00 bits per heavy atom. The molecule has 0 heterocycles. The van der Waals surface area contributed by atoms with Crippen LogP contribution in [-0.4, -0.2) is 11.1 Å². The number of rotatable bonds is 1. The van der Waals surface area contributed by atoms with E-state index in [-0.39, 0.29) is 27.6 Å². The zero-order chi connectivity index (χ0) is 5.98. The van der Waals surface area contributed by atoms with Crippen LogP contribution in [0.3, 0.4) is 0 Å². The van der Waals surface area contributed by atoms with Gasteiger partial charge in [-0.1, -0.05) is 12.8 Å². The smallest absolute Gasteiger partial charge is 0.306 e. The van der Waals surface area contributed by atoms with Crippen molar-refractivity contribution >= 4 is 5.97 Å². The van der Waals surface area contributed by atoms with Gasteiger partial charge in [0, 0.05) is 21.7 Å². The minimum atomic E-state index is -0.609. The van der Waals surface area contributed by atoms with Gasteiger partial charge < -0.3 is 5.11 Å². The van der Waals surface area contributed by atoms with E-state index in [0.29, 0.717) is 0 Å². The molecule has 1 fully saturated rings. The monoisotopic (exact) mass is 162 g/mol. The van der Waals surface area contributed by atoms with Crippen LogP contribution in [0.25, 0.3) is 0 Å². The molecule has 0 radical (unpaired) electrons. The molecule has 2 nitrogen and oxygen atoms in total. The largest absolute Gasteiger partial charge is 0.481 e. The van der Waals surface area contributed by atoms with Crippen molar-refractivity contribution in [2.45, 2.75) is 25.7 Å². The molecule has 1 rings (SSSR count). The molecule has 0 atom stereocenters. The molecular formula is C6H10O2Ti. The third kappa shape index (κ3) is 2.50. The van der Waals surface area contributed by atoms with Gasteiger partial charge in [0.05, 0.1) is 5.92 Å². The zero-order valence-corrected chi connectivity index (χ0v) is 6.82. The quantitative estimate of drug-likeness (QED) is 0.589. The Kier molecular flexibility index (Phi) is 4.16. The van der Waals surface area contributed by atoms with Crippen LogP contribution in [0.4, 0.5) is 0 Å². The molecule has 0 aromatic carbocycles. The Bertz CT molecular complexity index is 97.2. The number of hydrogen-bond donors (Lipinski definition) is 1. The molecule has 9 heavy (non-hydrogen) atoms. The Hall–Kier alpha value is 0.184. The molecule has 0 aromatic rings. The number of carboxylic acids is 1. The summed E-state index contributed by atoms with van der Waals surface area (Å²) < 4.78 is 0. The van der Waals surface area contributed by atoms with Crippen LogP contribution in [-0.2, 0) is 26.5 Å². The fourth-order valence-electron chi connectivity index (χ4n) is 1.17. The summed E-state index contributed by atoms with van der Waals surface area (Å²) in [5.74, 6) is -0.627. The molecule has 1 aliphatic carbocycles. The van der Waals surface area contributed by atoms with Crippen LogP contribution in [0, 0.1) is 5.92 Å². The van der Waals surface area contributed by atoms with Crippen molar-refractivity contribution in [1.29, 1.82) is 0 Å². The maximum Gasteiger partial charge on any atom is 0.306 e. The number of carbonyl (C=O) groups is 1. The summed E-state index contributed by atoms with van der Waals surface area (Å²) in [7, 11) is 0. The van der Waals surface area contributed by atoms with Crippen LogP contribution in [0.5, 0.6) is 0 Å². The molecule has 0 bridgehead atoms. The van der Waals surface area contributed by atoms with Crippen molar-refractivity contribution in [2.24, 2.45) is 5.92 Å². The Balaban J connectivity index is 0.000000640. The van der Waals surface area contributed by atoms with Crippen molar-refractivity contribution in [3.63, 3.8) is 0 Å². The summed E-state index contributed by atoms with van der Waals surface area (Å²) in [5, 5.41) is 8.41. The van der Waals surface area contributed by atoms with E-state index < -0.39 is 5.97 Å². The average Bonchev–Trinajstić information content (AvgIpc) is 2.12. The summed E-state index contributed by atoms with van der Waals surface area (Å²) in [6.07, 6.45) is 4.01. The molecule has 0 spiro atoms. The van der Waals surface area contributed by atoms with Crippen molar-refractivity contribution in [2.75, 3.05) is 0 Å². The first-order valence-corrected chi connectivity index (χ1v) is 3.03. The van der Waals surface area contributed by atoms with Crippen LogP contribution >= 0.6 is 0 Å². The fraction of sp³-hybridized carbons (Fsp3) is 0.833. The molecule has 0 aromatic heterocycles. The van der Waals surface area contributed by atoms with Crippen LogP contribution < -0.4 is 0 Å². The first kappa shape index (κ1) is 9.18. The third-order valence-corrected chi connectivity index (χ3v) is 1.70. The van der Waals surface area contributed by atoms with E-state index in [2.05, 4.69) is 0 Å². The van der Waals surface area contributed by atoms with Gasteiger partial charge in [-0.25, -0.2) is 0 Å². The van der Waals surface area contributed by atoms with Crippen LogP contribution in [0.2, 0.25) is 0 Å². The second kappa shape index (κ2) is 4.07. The maximum atomic E-state index is 10.2. The van der Waals surface area contributed by atoms with E-state index in [1.165, 1.54) is 0 Å². The van der Waals surface area contributed by atoms with E-state index in [4.69, 9.17) is 5.11 Å². The summed E-state index contributed by atoms with van der Waals surface area (Å²) in [6, 6.07) is 0. The molecule has 0 saturated heterocycles. The van der Waals surface area contributed by atoms with E-state index in [1.54, 1.807) is 0 Å². The molecule has 50 valence electrons. The predicted octanol–water partition coefficient (Wildman–Crippen LogP) is 1.26. The summed E-state index contributed by atoms with van der Waals surface area (Å²) >= 11 is 0. The van der Waals surface area contributed by atoms with Crippen molar-refractivity contribution in [1.82, 2.24) is 0 Å². The number of carboxylic acid groups (broad SMARTS) is 1. The van der Waals surface area contributed by atoms with Gasteiger partial charge in [0.25, 0.3) is 0 Å². The minimum Gasteiger partial charge on any atom is -0.481 e. The Labute approximate surface area is 69.5 Å². The molecule has 0 amide bonds. The average molecular weight is 162 g/mol. The normalized spacial score (nSPS) is 19.1. The van der Waals surface area contributed by atoms with Gasteiger partial charge >= 0.3 is 5.97 Å². The van der Waals surface area contributed by atoms with Gasteiger partial charge in [-0.3, -0.25) is 4.79 Å². The first-order chi connectivity index (χ1) is 3.80. The van der Waals surface area contributed by atoms with E-state index >= 15 is 0 Å². The van der Waals surface area contributed by atoms with Crippen LogP contribution in [0.1, 0.15) is 25.7 Å². The molecular weight excluding hydrogens is 152 g/mol. The Morgan fingerprint density at radius 2 is 1.78 bits per heavy atom. The van der Waals surface area contributed by atoms with Gasteiger partial charge in [0.2, 0.25) is 0 Å². The van der Waals surface area contributed by atoms with Gasteiger partial charge in [-0.05, 0) is 12.8 Å². The molecule has 1 aliphatic rings. The molecule has 1 N–H and O–H groups in total. The fourth-order valence-corrected chi connectivity index (χ4v) is 1.17. The van der Waals surface area contributed by atoms with Crippen molar-refractivity contribution < 1.29 is 31.6 Å². The van der Waals surface area contributed by atoms with E-state index in [9.17, 15) is 4.79 Å². The molecule has 1 saturated carbocycles. The predicted molar refractivity (Wildman–Crippen MR) is 29.6 cm³/mol. The summed E-state index contributed by atoms with van der Waals surface area (Å²) in [6.45, 7) is 0. The van der Waals surface area contributed by atoms with E-state index in [0.717, 1.165) is 25.7 Å². The molecule has 3 heteroatoms.